The van der Waals surface area contributed by atoms with E-state index in [0.29, 0.717) is 38.9 Å². The van der Waals surface area contributed by atoms with Crippen molar-refractivity contribution in [3.8, 4) is 5.75 Å². The van der Waals surface area contributed by atoms with Gasteiger partial charge in [-0.05, 0) is 42.0 Å². The number of nitrogens with zero attached hydrogens (tertiary/aromatic N) is 2. The molecule has 2 fully saturated rings. The van der Waals surface area contributed by atoms with E-state index in [4.69, 9.17) is 4.74 Å². The normalized spacial score (nSPS) is 24.4. The highest BCUT2D eigenvalue weighted by Gasteiger charge is 2.47. The highest BCUT2D eigenvalue weighted by atomic mass is 32.2. The number of aliphatic hydroxyl groups excluding tert-OH is 1. The number of aliphatic hydroxyl groups is 1. The van der Waals surface area contributed by atoms with Gasteiger partial charge in [0, 0.05) is 44.6 Å². The van der Waals surface area contributed by atoms with Crippen LogP contribution in [-0.4, -0.2) is 78.6 Å². The van der Waals surface area contributed by atoms with Gasteiger partial charge in [0.25, 0.3) is 0 Å². The van der Waals surface area contributed by atoms with Crippen LogP contribution in [-0.2, 0) is 21.4 Å². The number of urea groups is 1. The molecule has 2 atom stereocenters. The summed E-state index contributed by atoms with van der Waals surface area (Å²) in [4.78, 5) is 28.2. The summed E-state index contributed by atoms with van der Waals surface area (Å²) in [6.07, 6.45) is 0.538. The molecule has 1 spiro atoms. The molecule has 3 heterocycles. The molecular weight excluding hydrogens is 532 g/mol. The molecule has 2 aromatic carbocycles. The summed E-state index contributed by atoms with van der Waals surface area (Å²) < 4.78 is 34.8. The zero-order valence-electron chi connectivity index (χ0n) is 23.0. The molecular formula is C29H38N4O6S. The zero-order chi connectivity index (χ0) is 28.5. The Morgan fingerprint density at radius 2 is 1.88 bits per heavy atom. The van der Waals surface area contributed by atoms with Crippen molar-refractivity contribution >= 4 is 22.0 Å². The van der Waals surface area contributed by atoms with Crippen molar-refractivity contribution in [2.24, 2.45) is 0 Å². The van der Waals surface area contributed by atoms with Crippen LogP contribution in [0.3, 0.4) is 0 Å². The van der Waals surface area contributed by atoms with Crippen LogP contribution in [0.4, 0.5) is 4.79 Å². The number of nitrogens with one attached hydrogen (secondary N) is 2. The lowest BCUT2D eigenvalue weighted by Crippen LogP contribution is -2.60. The number of benzene rings is 2. The standard InChI is InChI=1S/C29H38N4O6S/c1-20(2)22-8-9-26-25(16-22)39-15-12-29(31-27(35)24-17-23(34)19-33(24)40(26,37)38)10-13-32(14-11-29)28(36)30-18-21-6-4-3-5-7-21/h3-9,16,20,23-24,34H,10-15,17-19H2,1-2H3,(H,30,36)(H,31,35)/t23-,24+/m1/s1. The van der Waals surface area contributed by atoms with Crippen molar-refractivity contribution in [3.63, 3.8) is 0 Å². The van der Waals surface area contributed by atoms with Gasteiger partial charge < -0.3 is 25.4 Å². The molecule has 3 aliphatic rings. The molecule has 10 nitrogen and oxygen atoms in total. The second kappa shape index (κ2) is 11.4. The number of carbonyl (C=O) groups is 2. The van der Waals surface area contributed by atoms with E-state index in [1.54, 1.807) is 23.1 Å². The Labute approximate surface area is 235 Å². The molecule has 216 valence electrons. The van der Waals surface area contributed by atoms with Gasteiger partial charge in [0.2, 0.25) is 15.9 Å². The van der Waals surface area contributed by atoms with Crippen molar-refractivity contribution in [3.05, 3.63) is 59.7 Å². The van der Waals surface area contributed by atoms with Crippen LogP contribution in [0.5, 0.6) is 5.75 Å². The summed E-state index contributed by atoms with van der Waals surface area (Å²) in [6.45, 7) is 5.39. The van der Waals surface area contributed by atoms with Crippen molar-refractivity contribution in [1.29, 1.82) is 0 Å². The maximum atomic E-state index is 13.8. The highest BCUT2D eigenvalue weighted by molar-refractivity contribution is 7.89. The van der Waals surface area contributed by atoms with E-state index < -0.39 is 33.6 Å². The molecule has 3 N–H and O–H groups in total. The molecule has 0 radical (unpaired) electrons. The number of carbonyl (C=O) groups excluding carboxylic acids is 2. The number of likely N-dealkylation sites (tertiary alicyclic amines) is 1. The summed E-state index contributed by atoms with van der Waals surface area (Å²) in [7, 11) is -4.11. The van der Waals surface area contributed by atoms with Crippen LogP contribution in [0.15, 0.2) is 53.4 Å². The fourth-order valence-electron chi connectivity index (χ4n) is 5.79. The Morgan fingerprint density at radius 3 is 2.58 bits per heavy atom. The second-order valence-electron chi connectivity index (χ2n) is 11.3. The second-order valence-corrected chi connectivity index (χ2v) is 13.2. The van der Waals surface area contributed by atoms with Crippen LogP contribution in [0, 0.1) is 0 Å². The van der Waals surface area contributed by atoms with Crippen molar-refractivity contribution in [2.75, 3.05) is 26.2 Å². The van der Waals surface area contributed by atoms with Crippen LogP contribution < -0.4 is 15.4 Å². The first kappa shape index (κ1) is 28.4. The SMILES string of the molecule is CC(C)c1ccc2c(c1)OCCC1(CCN(C(=O)NCc3ccccc3)CC1)NC(=O)[C@@H]1C[C@@H](O)CN1S2(=O)=O. The Balaban J connectivity index is 1.36. The van der Waals surface area contributed by atoms with E-state index in [-0.39, 0.29) is 42.2 Å². The summed E-state index contributed by atoms with van der Waals surface area (Å²) in [5.74, 6) is 0.000940. The van der Waals surface area contributed by atoms with Gasteiger partial charge in [-0.25, -0.2) is 13.2 Å². The average Bonchev–Trinajstić information content (AvgIpc) is 3.35. The summed E-state index contributed by atoms with van der Waals surface area (Å²) in [5.41, 5.74) is 1.29. The Bertz CT molecular complexity index is 1340. The first-order chi connectivity index (χ1) is 19.1. The van der Waals surface area contributed by atoms with E-state index in [1.165, 1.54) is 0 Å². The molecule has 0 saturated carbocycles. The van der Waals surface area contributed by atoms with Gasteiger partial charge in [-0.1, -0.05) is 50.2 Å². The van der Waals surface area contributed by atoms with Crippen LogP contribution >= 0.6 is 0 Å². The lowest BCUT2D eigenvalue weighted by atomic mass is 9.84. The Morgan fingerprint density at radius 1 is 1.15 bits per heavy atom. The summed E-state index contributed by atoms with van der Waals surface area (Å²) in [6, 6.07) is 13.6. The summed E-state index contributed by atoms with van der Waals surface area (Å²) in [5, 5.41) is 16.5. The van der Waals surface area contributed by atoms with Gasteiger partial charge in [0.1, 0.15) is 16.7 Å². The maximum absolute atomic E-state index is 13.8. The van der Waals surface area contributed by atoms with Crippen LogP contribution in [0.25, 0.3) is 0 Å². The molecule has 2 saturated heterocycles. The maximum Gasteiger partial charge on any atom is 0.317 e. The number of amides is 3. The average molecular weight is 571 g/mol. The van der Waals surface area contributed by atoms with Gasteiger partial charge in [0.05, 0.1) is 12.7 Å². The first-order valence-electron chi connectivity index (χ1n) is 13.9. The predicted octanol–water partition coefficient (Wildman–Crippen LogP) is 2.58. The van der Waals surface area contributed by atoms with Crippen molar-refractivity contribution < 1.29 is 27.9 Å². The smallest absolute Gasteiger partial charge is 0.317 e. The van der Waals surface area contributed by atoms with Crippen molar-refractivity contribution in [1.82, 2.24) is 19.8 Å². The Hall–Kier alpha value is -3.15. The van der Waals surface area contributed by atoms with E-state index >= 15 is 0 Å². The third-order valence-electron chi connectivity index (χ3n) is 8.28. The number of hydrogen-bond donors (Lipinski definition) is 3. The third kappa shape index (κ3) is 5.82. The van der Waals surface area contributed by atoms with Gasteiger partial charge in [-0.3, -0.25) is 4.79 Å². The lowest BCUT2D eigenvalue weighted by Gasteiger charge is -2.43. The number of rotatable bonds is 3. The molecule has 3 amide bonds. The minimum atomic E-state index is -4.11. The number of piperidine rings is 1. The van der Waals surface area contributed by atoms with E-state index in [9.17, 15) is 23.1 Å². The quantitative estimate of drug-likeness (QED) is 0.521. The van der Waals surface area contributed by atoms with Gasteiger partial charge in [0.15, 0.2) is 0 Å². The molecule has 3 aliphatic heterocycles. The molecule has 40 heavy (non-hydrogen) atoms. The Kier molecular flexibility index (Phi) is 8.08. The minimum Gasteiger partial charge on any atom is -0.492 e. The number of sulfonamides is 1. The van der Waals surface area contributed by atoms with E-state index in [1.807, 2.05) is 44.2 Å². The third-order valence-corrected chi connectivity index (χ3v) is 10.2. The van der Waals surface area contributed by atoms with E-state index in [2.05, 4.69) is 10.6 Å². The largest absolute Gasteiger partial charge is 0.492 e. The minimum absolute atomic E-state index is 0.00431. The molecule has 0 unspecified atom stereocenters. The first-order valence-corrected chi connectivity index (χ1v) is 15.4. The summed E-state index contributed by atoms with van der Waals surface area (Å²) >= 11 is 0. The number of ether oxygens (including phenoxy) is 1. The molecule has 0 aromatic heterocycles. The highest BCUT2D eigenvalue weighted by Crippen LogP contribution is 2.36. The topological polar surface area (TPSA) is 128 Å². The van der Waals surface area contributed by atoms with Gasteiger partial charge in [-0.2, -0.15) is 4.31 Å². The fourth-order valence-corrected chi connectivity index (χ4v) is 7.54. The molecule has 0 bridgehead atoms. The van der Waals surface area contributed by atoms with Crippen LogP contribution in [0.1, 0.15) is 56.6 Å². The molecule has 11 heteroatoms. The predicted molar refractivity (Wildman–Crippen MR) is 149 cm³/mol. The van der Waals surface area contributed by atoms with Crippen LogP contribution in [0.2, 0.25) is 0 Å². The van der Waals surface area contributed by atoms with E-state index in [0.717, 1.165) is 15.4 Å². The lowest BCUT2D eigenvalue weighted by molar-refractivity contribution is -0.127. The molecule has 5 rings (SSSR count). The van der Waals surface area contributed by atoms with Crippen molar-refractivity contribution in [2.45, 2.75) is 74.6 Å². The molecule has 0 aliphatic carbocycles. The molecule has 2 aromatic rings. The fraction of sp³-hybridized carbons (Fsp3) is 0.517. The van der Waals surface area contributed by atoms with Gasteiger partial charge >= 0.3 is 6.03 Å². The zero-order valence-corrected chi connectivity index (χ0v) is 23.8. The number of fused-ring (bicyclic) bond motifs is 2. The van der Waals surface area contributed by atoms with Gasteiger partial charge in [-0.15, -0.1) is 0 Å². The monoisotopic (exact) mass is 570 g/mol. The number of hydrogen-bond acceptors (Lipinski definition) is 6.